The second-order valence-corrected chi connectivity index (χ2v) is 5.49. The van der Waals surface area contributed by atoms with E-state index in [2.05, 4.69) is 47.3 Å². The van der Waals surface area contributed by atoms with Crippen molar-refractivity contribution in [2.75, 3.05) is 0 Å². The summed E-state index contributed by atoms with van der Waals surface area (Å²) in [5, 5.41) is 4.76. The van der Waals surface area contributed by atoms with Crippen LogP contribution in [0.1, 0.15) is 12.5 Å². The van der Waals surface area contributed by atoms with Gasteiger partial charge in [-0.25, -0.2) is 0 Å². The van der Waals surface area contributed by atoms with Gasteiger partial charge in [-0.05, 0) is 0 Å². The van der Waals surface area contributed by atoms with Gasteiger partial charge in [-0.2, -0.15) is 0 Å². The molecule has 0 amide bonds. The van der Waals surface area contributed by atoms with Crippen molar-refractivity contribution in [1.29, 1.82) is 0 Å². The Bertz CT molecular complexity index is 625. The van der Waals surface area contributed by atoms with Gasteiger partial charge < -0.3 is 0 Å². The van der Waals surface area contributed by atoms with Crippen molar-refractivity contribution < 1.29 is 0 Å². The standard InChI is InChI=1S/C13H11NSe/c1-2-9-7-12-13(14-8-15-12)11-6-4-3-5-10(9)11/h3-8H,2H2,1H3. The molecule has 0 aliphatic carbocycles. The van der Waals surface area contributed by atoms with Crippen molar-refractivity contribution in [3.05, 3.63) is 41.0 Å². The molecular formula is C13H11NSe. The summed E-state index contributed by atoms with van der Waals surface area (Å²) in [6.07, 6.45) is 1.10. The van der Waals surface area contributed by atoms with E-state index < -0.39 is 0 Å². The first kappa shape index (κ1) is 9.14. The van der Waals surface area contributed by atoms with Crippen molar-refractivity contribution in [1.82, 2.24) is 4.98 Å². The molecule has 0 aliphatic heterocycles. The Morgan fingerprint density at radius 2 is 2.00 bits per heavy atom. The molecule has 0 fully saturated rings. The molecule has 0 saturated heterocycles. The predicted molar refractivity (Wildman–Crippen MR) is 65.6 cm³/mol. The van der Waals surface area contributed by atoms with Gasteiger partial charge in [-0.1, -0.05) is 0 Å². The third-order valence-electron chi connectivity index (χ3n) is 2.81. The van der Waals surface area contributed by atoms with Gasteiger partial charge in [0, 0.05) is 0 Å². The van der Waals surface area contributed by atoms with E-state index in [4.69, 9.17) is 0 Å². The van der Waals surface area contributed by atoms with Crippen molar-refractivity contribution >= 4 is 35.1 Å². The molecule has 1 nitrogen and oxygen atoms in total. The molecule has 0 spiro atoms. The van der Waals surface area contributed by atoms with Crippen molar-refractivity contribution in [2.45, 2.75) is 13.3 Å². The van der Waals surface area contributed by atoms with E-state index in [1.54, 1.807) is 0 Å². The van der Waals surface area contributed by atoms with Crippen molar-refractivity contribution in [2.24, 2.45) is 0 Å². The van der Waals surface area contributed by atoms with E-state index in [0.29, 0.717) is 14.5 Å². The van der Waals surface area contributed by atoms with Crippen LogP contribution in [0, 0.1) is 0 Å². The molecule has 15 heavy (non-hydrogen) atoms. The Morgan fingerprint density at radius 3 is 2.80 bits per heavy atom. The molecule has 3 rings (SSSR count). The fraction of sp³-hybridized carbons (Fsp3) is 0.154. The van der Waals surface area contributed by atoms with E-state index in [9.17, 15) is 0 Å². The van der Waals surface area contributed by atoms with Crippen LogP contribution in [0.2, 0.25) is 0 Å². The molecule has 0 atom stereocenters. The minimum atomic E-state index is 0.448. The van der Waals surface area contributed by atoms with Crippen molar-refractivity contribution in [3.63, 3.8) is 0 Å². The zero-order chi connectivity index (χ0) is 10.3. The SMILES string of the molecule is CCc1cc2[se]cnc2c2ccccc12. The van der Waals surface area contributed by atoms with E-state index in [-0.39, 0.29) is 0 Å². The molecule has 0 N–H and O–H groups in total. The number of benzene rings is 2. The maximum atomic E-state index is 4.51. The number of nitrogens with zero attached hydrogens (tertiary/aromatic N) is 1. The average molecular weight is 260 g/mol. The molecule has 74 valence electrons. The first-order valence-electron chi connectivity index (χ1n) is 5.14. The topological polar surface area (TPSA) is 12.9 Å². The van der Waals surface area contributed by atoms with Gasteiger partial charge in [-0.15, -0.1) is 0 Å². The fourth-order valence-electron chi connectivity index (χ4n) is 2.06. The van der Waals surface area contributed by atoms with Crippen LogP contribution in [-0.2, 0) is 6.42 Å². The molecule has 2 aromatic carbocycles. The number of fused-ring (bicyclic) bond motifs is 3. The number of aryl methyl sites for hydroxylation is 1. The van der Waals surface area contributed by atoms with Crippen LogP contribution in [-0.4, -0.2) is 19.5 Å². The van der Waals surface area contributed by atoms with Crippen LogP contribution in [0.4, 0.5) is 0 Å². The van der Waals surface area contributed by atoms with Gasteiger partial charge in [0.25, 0.3) is 0 Å². The molecule has 3 aromatic rings. The molecule has 0 unspecified atom stereocenters. The third-order valence-corrected chi connectivity index (χ3v) is 4.44. The summed E-state index contributed by atoms with van der Waals surface area (Å²) in [6, 6.07) is 10.9. The summed E-state index contributed by atoms with van der Waals surface area (Å²) >= 11 is 0.448. The van der Waals surface area contributed by atoms with Crippen LogP contribution in [0.25, 0.3) is 20.5 Å². The van der Waals surface area contributed by atoms with Crippen LogP contribution in [0.5, 0.6) is 0 Å². The number of hydrogen-bond donors (Lipinski definition) is 0. The first-order valence-corrected chi connectivity index (χ1v) is 6.98. The van der Waals surface area contributed by atoms with E-state index >= 15 is 0 Å². The second-order valence-electron chi connectivity index (χ2n) is 3.63. The summed E-state index contributed by atoms with van der Waals surface area (Å²) < 4.78 is 1.44. The van der Waals surface area contributed by atoms with Gasteiger partial charge in [0.2, 0.25) is 0 Å². The Balaban J connectivity index is 2.58. The maximum absolute atomic E-state index is 4.51. The Kier molecular flexibility index (Phi) is 2.12. The Hall–Kier alpha value is -1.11. The van der Waals surface area contributed by atoms with E-state index in [1.807, 2.05) is 0 Å². The van der Waals surface area contributed by atoms with Gasteiger partial charge in [-0.3, -0.25) is 0 Å². The first-order chi connectivity index (χ1) is 7.40. The molecule has 0 radical (unpaired) electrons. The minimum absolute atomic E-state index is 0.448. The van der Waals surface area contributed by atoms with E-state index in [1.165, 1.54) is 26.1 Å². The molecule has 1 heterocycles. The molecule has 2 heteroatoms. The third kappa shape index (κ3) is 1.33. The van der Waals surface area contributed by atoms with Crippen molar-refractivity contribution in [3.8, 4) is 0 Å². The number of hydrogen-bond acceptors (Lipinski definition) is 1. The van der Waals surface area contributed by atoms with E-state index in [0.717, 1.165) is 6.42 Å². The Morgan fingerprint density at radius 1 is 1.20 bits per heavy atom. The van der Waals surface area contributed by atoms with Crippen LogP contribution < -0.4 is 0 Å². The fourth-order valence-corrected chi connectivity index (χ4v) is 3.64. The van der Waals surface area contributed by atoms with Crippen LogP contribution >= 0.6 is 0 Å². The summed E-state index contributed by atoms with van der Waals surface area (Å²) in [5.74, 6) is 0. The van der Waals surface area contributed by atoms with Gasteiger partial charge >= 0.3 is 94.3 Å². The zero-order valence-electron chi connectivity index (χ0n) is 8.53. The summed E-state index contributed by atoms with van der Waals surface area (Å²) in [5.41, 5.74) is 2.67. The Labute approximate surface area is 94.5 Å². The summed E-state index contributed by atoms with van der Waals surface area (Å²) in [4.78, 5) is 4.51. The van der Waals surface area contributed by atoms with Crippen LogP contribution in [0.3, 0.4) is 0 Å². The van der Waals surface area contributed by atoms with Gasteiger partial charge in [0.15, 0.2) is 0 Å². The summed E-state index contributed by atoms with van der Waals surface area (Å²) in [7, 11) is 0. The monoisotopic (exact) mass is 261 g/mol. The quantitative estimate of drug-likeness (QED) is 0.613. The average Bonchev–Trinajstić information content (AvgIpc) is 2.76. The zero-order valence-corrected chi connectivity index (χ0v) is 10.2. The second kappa shape index (κ2) is 3.48. The van der Waals surface area contributed by atoms with Crippen LogP contribution in [0.15, 0.2) is 35.4 Å². The molecule has 0 saturated carbocycles. The molecular weight excluding hydrogens is 249 g/mol. The molecule has 0 bridgehead atoms. The van der Waals surface area contributed by atoms with Gasteiger partial charge in [0.05, 0.1) is 0 Å². The molecule has 1 aromatic heterocycles. The number of aromatic nitrogens is 1. The normalized spacial score (nSPS) is 11.3. The molecule has 0 aliphatic rings. The number of rotatable bonds is 1. The summed E-state index contributed by atoms with van der Waals surface area (Å²) in [6.45, 7) is 2.22. The predicted octanol–water partition coefficient (Wildman–Crippen LogP) is 3.01. The van der Waals surface area contributed by atoms with Gasteiger partial charge in [0.1, 0.15) is 0 Å².